The van der Waals surface area contributed by atoms with Crippen LogP contribution in [0.15, 0.2) is 47.4 Å². The van der Waals surface area contributed by atoms with Gasteiger partial charge in [-0.25, -0.2) is 17.2 Å². The highest BCUT2D eigenvalue weighted by molar-refractivity contribution is 7.92. The number of alkyl halides is 3. The number of aliphatic carboxylic acids is 1. The highest BCUT2D eigenvalue weighted by Crippen LogP contribution is 2.50. The van der Waals surface area contributed by atoms with E-state index >= 15 is 0 Å². The Balaban J connectivity index is 2.05. The van der Waals surface area contributed by atoms with E-state index < -0.39 is 48.8 Å². The van der Waals surface area contributed by atoms with Crippen LogP contribution in [0.5, 0.6) is 0 Å². The van der Waals surface area contributed by atoms with Crippen molar-refractivity contribution in [2.75, 3.05) is 0 Å². The number of benzene rings is 2. The Morgan fingerprint density at radius 3 is 2.16 bits per heavy atom. The van der Waals surface area contributed by atoms with E-state index in [-0.39, 0.29) is 43.6 Å². The Labute approximate surface area is 182 Å². The quantitative estimate of drug-likeness (QED) is 0.543. The standard InChI is InChI=1S/C22H21F5O4S/c23-16-4-7-19(24)18(13-16)21(11-9-14(10-12-21)1-8-20(28)29)32(30,31)17-5-2-15(3-6-17)22(25,26)27/h2-7,13-14H,1,8-12H2,(H,28,29)/t14-,21+. The first-order chi connectivity index (χ1) is 14.9. The van der Waals surface area contributed by atoms with E-state index in [1.807, 2.05) is 0 Å². The van der Waals surface area contributed by atoms with Crippen LogP contribution in [0.4, 0.5) is 22.0 Å². The monoisotopic (exact) mass is 476 g/mol. The van der Waals surface area contributed by atoms with E-state index in [1.54, 1.807) is 0 Å². The number of halogens is 5. The summed E-state index contributed by atoms with van der Waals surface area (Å²) in [7, 11) is -4.42. The molecule has 1 aliphatic carbocycles. The van der Waals surface area contributed by atoms with E-state index in [9.17, 15) is 35.2 Å². The maximum Gasteiger partial charge on any atom is 0.416 e. The van der Waals surface area contributed by atoms with Crippen molar-refractivity contribution in [3.8, 4) is 0 Å². The average molecular weight is 476 g/mol. The predicted molar refractivity (Wildman–Crippen MR) is 105 cm³/mol. The third-order valence-corrected chi connectivity index (χ3v) is 8.65. The first-order valence-corrected chi connectivity index (χ1v) is 11.4. The second kappa shape index (κ2) is 8.80. The van der Waals surface area contributed by atoms with Crippen molar-refractivity contribution in [1.82, 2.24) is 0 Å². The third kappa shape index (κ3) is 4.65. The molecule has 10 heteroatoms. The first-order valence-electron chi connectivity index (χ1n) is 9.96. The van der Waals surface area contributed by atoms with Crippen LogP contribution < -0.4 is 0 Å². The Morgan fingerprint density at radius 1 is 1.03 bits per heavy atom. The third-order valence-electron chi connectivity index (χ3n) is 6.10. The summed E-state index contributed by atoms with van der Waals surface area (Å²) in [5, 5.41) is 8.88. The lowest BCUT2D eigenvalue weighted by molar-refractivity contribution is -0.138. The van der Waals surface area contributed by atoms with Crippen LogP contribution in [0.3, 0.4) is 0 Å². The predicted octanol–water partition coefficient (Wildman–Crippen LogP) is 5.71. The Morgan fingerprint density at radius 2 is 1.62 bits per heavy atom. The number of hydrogen-bond donors (Lipinski definition) is 1. The Bertz CT molecular complexity index is 1090. The molecule has 0 bridgehead atoms. The molecule has 2 aromatic rings. The van der Waals surface area contributed by atoms with E-state index in [0.717, 1.165) is 30.3 Å². The zero-order chi connectivity index (χ0) is 23.7. The van der Waals surface area contributed by atoms with Gasteiger partial charge in [-0.3, -0.25) is 4.79 Å². The maximum atomic E-state index is 14.8. The van der Waals surface area contributed by atoms with Crippen molar-refractivity contribution in [3.63, 3.8) is 0 Å². The molecule has 0 spiro atoms. The van der Waals surface area contributed by atoms with Gasteiger partial charge in [0.2, 0.25) is 0 Å². The van der Waals surface area contributed by atoms with Crippen molar-refractivity contribution in [1.29, 1.82) is 0 Å². The molecule has 0 unspecified atom stereocenters. The summed E-state index contributed by atoms with van der Waals surface area (Å²) in [4.78, 5) is 10.4. The van der Waals surface area contributed by atoms with Crippen LogP contribution in [-0.4, -0.2) is 19.5 Å². The van der Waals surface area contributed by atoms with Gasteiger partial charge in [0.25, 0.3) is 0 Å². The minimum Gasteiger partial charge on any atom is -0.481 e. The van der Waals surface area contributed by atoms with Gasteiger partial charge in [0.05, 0.1) is 10.5 Å². The largest absolute Gasteiger partial charge is 0.481 e. The fraction of sp³-hybridized carbons (Fsp3) is 0.409. The minimum atomic E-state index is -4.66. The molecule has 1 saturated carbocycles. The lowest BCUT2D eigenvalue weighted by Crippen LogP contribution is -2.40. The van der Waals surface area contributed by atoms with Crippen LogP contribution in [-0.2, 0) is 25.6 Å². The summed E-state index contributed by atoms with van der Waals surface area (Å²) in [6.07, 6.45) is -4.15. The molecule has 0 amide bonds. The summed E-state index contributed by atoms with van der Waals surface area (Å²) < 4.78 is 92.8. The second-order valence-corrected chi connectivity index (χ2v) is 10.3. The average Bonchev–Trinajstić information content (AvgIpc) is 2.73. The van der Waals surface area contributed by atoms with Gasteiger partial charge in [-0.2, -0.15) is 13.2 Å². The van der Waals surface area contributed by atoms with Crippen molar-refractivity contribution < 1.29 is 40.3 Å². The van der Waals surface area contributed by atoms with E-state index in [1.165, 1.54) is 0 Å². The van der Waals surface area contributed by atoms with Crippen molar-refractivity contribution >= 4 is 15.8 Å². The maximum absolute atomic E-state index is 14.8. The molecular formula is C22H21F5O4S. The Hall–Kier alpha value is -2.49. The van der Waals surface area contributed by atoms with Gasteiger partial charge in [-0.05, 0) is 80.5 Å². The van der Waals surface area contributed by atoms with Crippen molar-refractivity contribution in [3.05, 3.63) is 65.2 Å². The molecule has 174 valence electrons. The van der Waals surface area contributed by atoms with E-state index in [4.69, 9.17) is 5.11 Å². The topological polar surface area (TPSA) is 71.4 Å². The van der Waals surface area contributed by atoms with Crippen LogP contribution in [0.1, 0.15) is 49.7 Å². The van der Waals surface area contributed by atoms with E-state index in [0.29, 0.717) is 18.6 Å². The number of carboxylic acid groups (broad SMARTS) is 1. The molecule has 2 aromatic carbocycles. The number of carboxylic acids is 1. The second-order valence-electron chi connectivity index (χ2n) is 8.02. The van der Waals surface area contributed by atoms with Crippen molar-refractivity contribution in [2.45, 2.75) is 54.3 Å². The summed E-state index contributed by atoms with van der Waals surface area (Å²) >= 11 is 0. The van der Waals surface area contributed by atoms with Gasteiger partial charge in [0.15, 0.2) is 9.84 Å². The summed E-state index contributed by atoms with van der Waals surface area (Å²) in [5.74, 6) is -2.86. The molecule has 32 heavy (non-hydrogen) atoms. The minimum absolute atomic E-state index is 0.0996. The van der Waals surface area contributed by atoms with E-state index in [2.05, 4.69) is 0 Å². The van der Waals surface area contributed by atoms with Crippen LogP contribution in [0.25, 0.3) is 0 Å². The molecule has 1 N–H and O–H groups in total. The molecule has 1 aliphatic rings. The van der Waals surface area contributed by atoms with Crippen LogP contribution in [0, 0.1) is 17.6 Å². The van der Waals surface area contributed by atoms with Gasteiger partial charge in [0.1, 0.15) is 16.4 Å². The molecule has 0 saturated heterocycles. The van der Waals surface area contributed by atoms with Crippen LogP contribution >= 0.6 is 0 Å². The number of sulfone groups is 1. The highest BCUT2D eigenvalue weighted by atomic mass is 32.2. The van der Waals surface area contributed by atoms with Gasteiger partial charge >= 0.3 is 12.1 Å². The molecular weight excluding hydrogens is 455 g/mol. The molecule has 1 fully saturated rings. The van der Waals surface area contributed by atoms with Gasteiger partial charge in [-0.15, -0.1) is 0 Å². The summed E-state index contributed by atoms with van der Waals surface area (Å²) in [5.41, 5.74) is -1.39. The molecule has 0 aromatic heterocycles. The fourth-order valence-corrected chi connectivity index (χ4v) is 6.50. The summed E-state index contributed by atoms with van der Waals surface area (Å²) in [6.45, 7) is 0. The molecule has 0 aliphatic heterocycles. The smallest absolute Gasteiger partial charge is 0.416 e. The number of hydrogen-bond acceptors (Lipinski definition) is 3. The molecule has 0 heterocycles. The lowest BCUT2D eigenvalue weighted by Gasteiger charge is -2.40. The summed E-state index contributed by atoms with van der Waals surface area (Å²) in [6, 6.07) is 5.43. The zero-order valence-electron chi connectivity index (χ0n) is 16.8. The fourth-order valence-electron chi connectivity index (χ4n) is 4.34. The van der Waals surface area contributed by atoms with Gasteiger partial charge in [-0.1, -0.05) is 0 Å². The molecule has 4 nitrogen and oxygen atoms in total. The van der Waals surface area contributed by atoms with Crippen molar-refractivity contribution in [2.24, 2.45) is 5.92 Å². The SMILES string of the molecule is O=C(O)CC[C@H]1CC[C@@](c2cc(F)ccc2F)(S(=O)(=O)c2ccc(C(F)(F)F)cc2)CC1. The molecule has 0 atom stereocenters. The number of carbonyl (C=O) groups is 1. The normalized spacial score (nSPS) is 22.0. The highest BCUT2D eigenvalue weighted by Gasteiger charge is 2.50. The van der Waals surface area contributed by atoms with Gasteiger partial charge in [0, 0.05) is 12.0 Å². The lowest BCUT2D eigenvalue weighted by atomic mass is 9.76. The molecule has 0 radical (unpaired) electrons. The van der Waals surface area contributed by atoms with Crippen LogP contribution in [0.2, 0.25) is 0 Å². The first kappa shape index (κ1) is 24.2. The Kier molecular flexibility index (Phi) is 6.65. The zero-order valence-corrected chi connectivity index (χ0v) is 17.6. The number of rotatable bonds is 6. The van der Waals surface area contributed by atoms with Gasteiger partial charge < -0.3 is 5.11 Å². The molecule has 3 rings (SSSR count).